The Labute approximate surface area is 151 Å². The third kappa shape index (κ3) is 3.97. The van der Waals surface area contributed by atoms with Crippen molar-refractivity contribution in [2.24, 2.45) is 0 Å². The number of hydrogen-bond donors (Lipinski definition) is 1. The number of amides is 2. The lowest BCUT2D eigenvalue weighted by Gasteiger charge is -2.32. The van der Waals surface area contributed by atoms with Crippen molar-refractivity contribution in [1.82, 2.24) is 14.8 Å². The summed E-state index contributed by atoms with van der Waals surface area (Å²) in [6, 6.07) is 10.2. The van der Waals surface area contributed by atoms with E-state index in [0.29, 0.717) is 24.3 Å². The lowest BCUT2D eigenvalue weighted by molar-refractivity contribution is 0.0665. The Hall–Kier alpha value is -2.44. The average molecular weight is 359 g/mol. The number of nitrogens with zero attached hydrogens (tertiary/aromatic N) is 3. The first-order valence-corrected chi connectivity index (χ1v) is 8.43. The molecule has 1 N–H and O–H groups in total. The van der Waals surface area contributed by atoms with Gasteiger partial charge in [0.1, 0.15) is 5.15 Å². The quantitative estimate of drug-likeness (QED) is 0.855. The van der Waals surface area contributed by atoms with Gasteiger partial charge in [-0.2, -0.15) is 0 Å². The standard InChI is InChI=1S/C18H19ClN4O2/c1-22-9-11-23(12-10-22)18(25)13-5-2-3-7-15(13)21-17(24)14-6-4-8-20-16(14)19/h2-8H,9-12H2,1H3,(H,21,24). The number of benzene rings is 1. The molecule has 0 saturated carbocycles. The number of para-hydroxylation sites is 1. The summed E-state index contributed by atoms with van der Waals surface area (Å²) in [5.41, 5.74) is 1.21. The number of likely N-dealkylation sites (N-methyl/N-ethyl adjacent to an activating group) is 1. The largest absolute Gasteiger partial charge is 0.336 e. The van der Waals surface area contributed by atoms with E-state index in [-0.39, 0.29) is 16.6 Å². The van der Waals surface area contributed by atoms with Gasteiger partial charge < -0.3 is 15.1 Å². The maximum atomic E-state index is 12.8. The van der Waals surface area contributed by atoms with Gasteiger partial charge in [-0.15, -0.1) is 0 Å². The molecule has 7 heteroatoms. The normalized spacial score (nSPS) is 15.0. The second kappa shape index (κ2) is 7.63. The lowest BCUT2D eigenvalue weighted by Crippen LogP contribution is -2.47. The van der Waals surface area contributed by atoms with E-state index in [0.717, 1.165) is 13.1 Å². The summed E-state index contributed by atoms with van der Waals surface area (Å²) in [5.74, 6) is -0.474. The predicted molar refractivity (Wildman–Crippen MR) is 97.0 cm³/mol. The topological polar surface area (TPSA) is 65.5 Å². The van der Waals surface area contributed by atoms with Crippen LogP contribution in [-0.2, 0) is 0 Å². The van der Waals surface area contributed by atoms with E-state index < -0.39 is 5.91 Å². The molecule has 3 rings (SSSR count). The van der Waals surface area contributed by atoms with E-state index in [1.807, 2.05) is 11.9 Å². The molecule has 0 bridgehead atoms. The zero-order valence-electron chi connectivity index (χ0n) is 13.9. The summed E-state index contributed by atoms with van der Waals surface area (Å²) in [4.78, 5) is 33.2. The Morgan fingerprint density at radius 3 is 2.44 bits per heavy atom. The summed E-state index contributed by atoms with van der Waals surface area (Å²) < 4.78 is 0. The molecule has 1 fully saturated rings. The van der Waals surface area contributed by atoms with E-state index >= 15 is 0 Å². The molecule has 1 aromatic carbocycles. The predicted octanol–water partition coefficient (Wildman–Crippen LogP) is 2.37. The van der Waals surface area contributed by atoms with Crippen LogP contribution >= 0.6 is 11.6 Å². The molecule has 0 aliphatic carbocycles. The molecule has 1 aromatic heterocycles. The van der Waals surface area contributed by atoms with Crippen molar-refractivity contribution in [3.63, 3.8) is 0 Å². The van der Waals surface area contributed by atoms with E-state index in [1.54, 1.807) is 36.4 Å². The van der Waals surface area contributed by atoms with Crippen LogP contribution in [0.25, 0.3) is 0 Å². The monoisotopic (exact) mass is 358 g/mol. The summed E-state index contributed by atoms with van der Waals surface area (Å²) in [5, 5.41) is 2.90. The zero-order chi connectivity index (χ0) is 17.8. The van der Waals surface area contributed by atoms with Crippen LogP contribution < -0.4 is 5.32 Å². The molecule has 0 spiro atoms. The first kappa shape index (κ1) is 17.4. The Morgan fingerprint density at radius 1 is 1.04 bits per heavy atom. The van der Waals surface area contributed by atoms with E-state index in [9.17, 15) is 9.59 Å². The van der Waals surface area contributed by atoms with E-state index in [4.69, 9.17) is 11.6 Å². The van der Waals surface area contributed by atoms with Crippen molar-refractivity contribution in [3.8, 4) is 0 Å². The summed E-state index contributed by atoms with van der Waals surface area (Å²) in [6.45, 7) is 3.02. The molecule has 2 amide bonds. The molecule has 2 heterocycles. The van der Waals surface area contributed by atoms with Crippen LogP contribution in [0.1, 0.15) is 20.7 Å². The Bertz CT molecular complexity index is 788. The van der Waals surface area contributed by atoms with Crippen molar-refractivity contribution in [2.45, 2.75) is 0 Å². The van der Waals surface area contributed by atoms with Gasteiger partial charge in [0.2, 0.25) is 0 Å². The first-order valence-electron chi connectivity index (χ1n) is 8.05. The smallest absolute Gasteiger partial charge is 0.258 e. The van der Waals surface area contributed by atoms with Crippen molar-refractivity contribution >= 4 is 29.1 Å². The van der Waals surface area contributed by atoms with Gasteiger partial charge in [-0.05, 0) is 31.3 Å². The molecule has 130 valence electrons. The molecule has 1 saturated heterocycles. The van der Waals surface area contributed by atoms with Crippen molar-refractivity contribution in [2.75, 3.05) is 38.5 Å². The van der Waals surface area contributed by atoms with Gasteiger partial charge >= 0.3 is 0 Å². The molecule has 0 atom stereocenters. The third-order valence-electron chi connectivity index (χ3n) is 4.20. The fraction of sp³-hybridized carbons (Fsp3) is 0.278. The highest BCUT2D eigenvalue weighted by atomic mass is 35.5. The maximum Gasteiger partial charge on any atom is 0.258 e. The van der Waals surface area contributed by atoms with Gasteiger partial charge in [0.05, 0.1) is 16.8 Å². The number of aromatic nitrogens is 1. The fourth-order valence-electron chi connectivity index (χ4n) is 2.70. The minimum absolute atomic E-state index is 0.0821. The molecule has 1 aliphatic heterocycles. The molecule has 0 unspecified atom stereocenters. The van der Waals surface area contributed by atoms with Gasteiger partial charge in [-0.3, -0.25) is 9.59 Å². The molecule has 6 nitrogen and oxygen atoms in total. The number of anilines is 1. The van der Waals surface area contributed by atoms with Gasteiger partial charge in [-0.25, -0.2) is 4.98 Å². The average Bonchev–Trinajstić information content (AvgIpc) is 2.62. The summed E-state index contributed by atoms with van der Waals surface area (Å²) in [6.07, 6.45) is 1.52. The molecular formula is C18H19ClN4O2. The van der Waals surface area contributed by atoms with Gasteiger partial charge in [0.15, 0.2) is 0 Å². The maximum absolute atomic E-state index is 12.8. The molecule has 1 aliphatic rings. The van der Waals surface area contributed by atoms with E-state index in [1.165, 1.54) is 6.20 Å². The fourth-order valence-corrected chi connectivity index (χ4v) is 2.91. The number of nitrogens with one attached hydrogen (secondary N) is 1. The lowest BCUT2D eigenvalue weighted by atomic mass is 10.1. The Balaban J connectivity index is 1.80. The zero-order valence-corrected chi connectivity index (χ0v) is 14.7. The molecule has 0 radical (unpaired) electrons. The minimum atomic E-state index is -0.392. The van der Waals surface area contributed by atoms with Crippen LogP contribution in [0, 0.1) is 0 Å². The number of halogens is 1. The van der Waals surface area contributed by atoms with Gasteiger partial charge in [0.25, 0.3) is 11.8 Å². The van der Waals surface area contributed by atoms with Gasteiger partial charge in [0, 0.05) is 32.4 Å². The molecular weight excluding hydrogens is 340 g/mol. The number of hydrogen-bond acceptors (Lipinski definition) is 4. The Morgan fingerprint density at radius 2 is 1.72 bits per heavy atom. The van der Waals surface area contributed by atoms with Crippen LogP contribution in [0.4, 0.5) is 5.69 Å². The van der Waals surface area contributed by atoms with Crippen molar-refractivity contribution in [1.29, 1.82) is 0 Å². The number of carbonyl (C=O) groups excluding carboxylic acids is 2. The van der Waals surface area contributed by atoms with Crippen molar-refractivity contribution < 1.29 is 9.59 Å². The van der Waals surface area contributed by atoms with Crippen LogP contribution in [0.15, 0.2) is 42.6 Å². The first-order chi connectivity index (χ1) is 12.1. The van der Waals surface area contributed by atoms with Crippen LogP contribution in [0.5, 0.6) is 0 Å². The highest BCUT2D eigenvalue weighted by Gasteiger charge is 2.23. The summed E-state index contributed by atoms with van der Waals surface area (Å²) >= 11 is 5.97. The van der Waals surface area contributed by atoms with Gasteiger partial charge in [-0.1, -0.05) is 23.7 Å². The SMILES string of the molecule is CN1CCN(C(=O)c2ccccc2NC(=O)c2cccnc2Cl)CC1. The number of pyridine rings is 1. The second-order valence-corrected chi connectivity index (χ2v) is 6.29. The number of carbonyl (C=O) groups is 2. The number of rotatable bonds is 3. The molecule has 25 heavy (non-hydrogen) atoms. The minimum Gasteiger partial charge on any atom is -0.336 e. The summed E-state index contributed by atoms with van der Waals surface area (Å²) in [7, 11) is 2.04. The van der Waals surface area contributed by atoms with E-state index in [2.05, 4.69) is 15.2 Å². The van der Waals surface area contributed by atoms with Crippen LogP contribution in [-0.4, -0.2) is 59.8 Å². The van der Waals surface area contributed by atoms with Crippen LogP contribution in [0.3, 0.4) is 0 Å². The van der Waals surface area contributed by atoms with Crippen molar-refractivity contribution in [3.05, 3.63) is 58.9 Å². The third-order valence-corrected chi connectivity index (χ3v) is 4.50. The highest BCUT2D eigenvalue weighted by molar-refractivity contribution is 6.33. The Kier molecular flexibility index (Phi) is 5.31. The number of piperazine rings is 1. The second-order valence-electron chi connectivity index (χ2n) is 5.94. The highest BCUT2D eigenvalue weighted by Crippen LogP contribution is 2.20. The molecule has 2 aromatic rings. The van der Waals surface area contributed by atoms with Crippen LogP contribution in [0.2, 0.25) is 5.15 Å².